The minimum atomic E-state index is -0.319. The van der Waals surface area contributed by atoms with Crippen molar-refractivity contribution in [3.8, 4) is 5.75 Å². The second-order valence-electron chi connectivity index (χ2n) is 4.60. The third-order valence-corrected chi connectivity index (χ3v) is 2.84. The number of Topliss-reactive ketones (excluding diaryl/α,β-unsaturated/α-hetero) is 2. The van der Waals surface area contributed by atoms with Crippen molar-refractivity contribution >= 4 is 11.6 Å². The number of hydrogen-bond donors (Lipinski definition) is 0. The molecule has 108 valence electrons. The van der Waals surface area contributed by atoms with E-state index < -0.39 is 0 Å². The number of benzene rings is 1. The Bertz CT molecular complexity index is 648. The van der Waals surface area contributed by atoms with Gasteiger partial charge in [-0.3, -0.25) is 9.59 Å². The van der Waals surface area contributed by atoms with Gasteiger partial charge in [0.2, 0.25) is 0 Å². The fraction of sp³-hybridized carbons (Fsp3) is 0.188. The third kappa shape index (κ3) is 3.95. The zero-order chi connectivity index (χ0) is 15.4. The van der Waals surface area contributed by atoms with Gasteiger partial charge in [0, 0.05) is 26.0 Å². The van der Waals surface area contributed by atoms with Crippen molar-refractivity contribution in [3.05, 3.63) is 59.2 Å². The summed E-state index contributed by atoms with van der Waals surface area (Å²) in [5.74, 6) is -0.431. The van der Waals surface area contributed by atoms with E-state index in [1.165, 1.54) is 38.1 Å². The van der Waals surface area contributed by atoms with Crippen LogP contribution < -0.4 is 4.74 Å². The van der Waals surface area contributed by atoms with Crippen LogP contribution in [-0.4, -0.2) is 16.6 Å². The number of ketones is 2. The molecule has 0 radical (unpaired) electrons. The minimum Gasteiger partial charge on any atom is -0.489 e. The van der Waals surface area contributed by atoms with Crippen molar-refractivity contribution in [3.63, 3.8) is 0 Å². The van der Waals surface area contributed by atoms with Gasteiger partial charge in [0.1, 0.15) is 29.6 Å². The second-order valence-corrected chi connectivity index (χ2v) is 4.60. The lowest BCUT2D eigenvalue weighted by Gasteiger charge is -2.08. The quantitative estimate of drug-likeness (QED) is 0.792. The Labute approximate surface area is 121 Å². The van der Waals surface area contributed by atoms with Crippen molar-refractivity contribution in [1.82, 2.24) is 4.98 Å². The fourth-order valence-corrected chi connectivity index (χ4v) is 1.70. The summed E-state index contributed by atoms with van der Waals surface area (Å²) >= 11 is 0. The number of pyridine rings is 1. The lowest BCUT2D eigenvalue weighted by Crippen LogP contribution is -2.06. The Balaban J connectivity index is 2.20. The third-order valence-electron chi connectivity index (χ3n) is 2.84. The maximum Gasteiger partial charge on any atom is 0.178 e. The van der Waals surface area contributed by atoms with Gasteiger partial charge < -0.3 is 4.74 Å². The summed E-state index contributed by atoms with van der Waals surface area (Å²) in [6, 6.07) is 8.86. The Kier molecular flexibility index (Phi) is 4.42. The number of nitrogens with zero attached hydrogens (tertiary/aromatic N) is 1. The first kappa shape index (κ1) is 14.8. The Morgan fingerprint density at radius 3 is 2.05 bits per heavy atom. The van der Waals surface area contributed by atoms with Gasteiger partial charge in [-0.1, -0.05) is 12.1 Å². The number of hydrogen-bond acceptors (Lipinski definition) is 4. The van der Waals surface area contributed by atoms with Gasteiger partial charge in [-0.05, 0) is 17.7 Å². The molecule has 2 aromatic rings. The molecule has 1 heterocycles. The molecule has 1 aromatic carbocycles. The van der Waals surface area contributed by atoms with E-state index in [0.29, 0.717) is 5.75 Å². The van der Waals surface area contributed by atoms with Crippen LogP contribution in [0.1, 0.15) is 40.4 Å². The summed E-state index contributed by atoms with van der Waals surface area (Å²) in [5.41, 5.74) is 1.13. The van der Waals surface area contributed by atoms with Gasteiger partial charge in [0.05, 0.1) is 0 Å². The van der Waals surface area contributed by atoms with Crippen molar-refractivity contribution in [1.29, 1.82) is 0 Å². The van der Waals surface area contributed by atoms with E-state index in [1.807, 2.05) is 0 Å². The highest BCUT2D eigenvalue weighted by atomic mass is 19.1. The summed E-state index contributed by atoms with van der Waals surface area (Å²) in [7, 11) is 0. The maximum absolute atomic E-state index is 12.8. The molecule has 0 saturated carbocycles. The van der Waals surface area contributed by atoms with Crippen LogP contribution in [0, 0.1) is 5.82 Å². The summed E-state index contributed by atoms with van der Waals surface area (Å²) < 4.78 is 18.4. The number of carbonyl (C=O) groups is 2. The zero-order valence-electron chi connectivity index (χ0n) is 11.7. The molecule has 0 saturated heterocycles. The summed E-state index contributed by atoms with van der Waals surface area (Å²) in [6.45, 7) is 2.95. The number of halogens is 1. The van der Waals surface area contributed by atoms with Crippen LogP contribution in [-0.2, 0) is 6.61 Å². The van der Waals surface area contributed by atoms with E-state index in [1.54, 1.807) is 12.1 Å². The summed E-state index contributed by atoms with van der Waals surface area (Å²) in [6.07, 6.45) is 0. The highest BCUT2D eigenvalue weighted by molar-refractivity contribution is 5.96. The standard InChI is InChI=1S/C16H14FNO3/c1-10(19)15-7-14(8-16(18-15)11(2)20)21-9-12-3-5-13(17)6-4-12/h3-8H,9H2,1-2H3. The number of rotatable bonds is 5. The molecule has 0 amide bonds. The molecule has 0 aliphatic carbocycles. The predicted molar refractivity (Wildman–Crippen MR) is 75.0 cm³/mol. The number of aromatic nitrogens is 1. The SMILES string of the molecule is CC(=O)c1cc(OCc2ccc(F)cc2)cc(C(C)=O)n1. The molecule has 0 spiro atoms. The molecule has 2 rings (SSSR count). The Morgan fingerprint density at radius 1 is 1.05 bits per heavy atom. The Hall–Kier alpha value is -2.56. The van der Waals surface area contributed by atoms with Crippen LogP contribution in [0.3, 0.4) is 0 Å². The first-order valence-corrected chi connectivity index (χ1v) is 6.37. The molecule has 5 heteroatoms. The first-order valence-electron chi connectivity index (χ1n) is 6.37. The maximum atomic E-state index is 12.8. The predicted octanol–water partition coefficient (Wildman–Crippen LogP) is 3.20. The molecular formula is C16H14FNO3. The van der Waals surface area contributed by atoms with E-state index in [2.05, 4.69) is 4.98 Å². The van der Waals surface area contributed by atoms with E-state index in [4.69, 9.17) is 4.74 Å². The average molecular weight is 287 g/mol. The molecule has 0 atom stereocenters. The number of carbonyl (C=O) groups excluding carboxylic acids is 2. The fourth-order valence-electron chi connectivity index (χ4n) is 1.70. The Morgan fingerprint density at radius 2 is 1.57 bits per heavy atom. The lowest BCUT2D eigenvalue weighted by atomic mass is 10.2. The molecule has 0 aliphatic heterocycles. The van der Waals surface area contributed by atoms with Crippen molar-refractivity contribution in [2.45, 2.75) is 20.5 Å². The average Bonchev–Trinajstić information content (AvgIpc) is 2.46. The first-order chi connectivity index (χ1) is 9.95. The van der Waals surface area contributed by atoms with Crippen LogP contribution in [0.2, 0.25) is 0 Å². The zero-order valence-corrected chi connectivity index (χ0v) is 11.7. The van der Waals surface area contributed by atoms with Gasteiger partial charge in [0.15, 0.2) is 11.6 Å². The van der Waals surface area contributed by atoms with Crippen molar-refractivity contribution in [2.24, 2.45) is 0 Å². The van der Waals surface area contributed by atoms with Gasteiger partial charge >= 0.3 is 0 Å². The molecule has 21 heavy (non-hydrogen) atoms. The highest BCUT2D eigenvalue weighted by Gasteiger charge is 2.10. The van der Waals surface area contributed by atoms with Gasteiger partial charge in [-0.15, -0.1) is 0 Å². The van der Waals surface area contributed by atoms with Crippen LogP contribution in [0.5, 0.6) is 5.75 Å². The van der Waals surface area contributed by atoms with Crippen LogP contribution in [0.4, 0.5) is 4.39 Å². The molecular weight excluding hydrogens is 273 g/mol. The smallest absolute Gasteiger partial charge is 0.178 e. The van der Waals surface area contributed by atoms with Crippen LogP contribution in [0.15, 0.2) is 36.4 Å². The van der Waals surface area contributed by atoms with Crippen molar-refractivity contribution in [2.75, 3.05) is 0 Å². The molecule has 1 aromatic heterocycles. The van der Waals surface area contributed by atoms with Crippen LogP contribution in [0.25, 0.3) is 0 Å². The molecule has 0 aliphatic rings. The van der Waals surface area contributed by atoms with E-state index in [9.17, 15) is 14.0 Å². The lowest BCUT2D eigenvalue weighted by molar-refractivity contribution is 0.100. The van der Waals surface area contributed by atoms with E-state index in [0.717, 1.165) is 5.56 Å². The van der Waals surface area contributed by atoms with E-state index >= 15 is 0 Å². The molecule has 0 fully saturated rings. The molecule has 0 N–H and O–H groups in total. The molecule has 0 unspecified atom stereocenters. The molecule has 0 bridgehead atoms. The monoisotopic (exact) mass is 287 g/mol. The van der Waals surface area contributed by atoms with Gasteiger partial charge in [-0.25, -0.2) is 9.37 Å². The molecule has 4 nitrogen and oxygen atoms in total. The largest absolute Gasteiger partial charge is 0.489 e. The van der Waals surface area contributed by atoms with Crippen molar-refractivity contribution < 1.29 is 18.7 Å². The van der Waals surface area contributed by atoms with Gasteiger partial charge in [-0.2, -0.15) is 0 Å². The summed E-state index contributed by atoms with van der Waals surface area (Å²) in [4.78, 5) is 26.8. The minimum absolute atomic E-state index is 0.178. The highest BCUT2D eigenvalue weighted by Crippen LogP contribution is 2.17. The second kappa shape index (κ2) is 6.26. The number of ether oxygens (including phenoxy) is 1. The van der Waals surface area contributed by atoms with Gasteiger partial charge in [0.25, 0.3) is 0 Å². The van der Waals surface area contributed by atoms with E-state index in [-0.39, 0.29) is 35.4 Å². The van der Waals surface area contributed by atoms with Crippen LogP contribution >= 0.6 is 0 Å². The summed E-state index contributed by atoms with van der Waals surface area (Å²) in [5, 5.41) is 0. The normalized spacial score (nSPS) is 10.2. The topological polar surface area (TPSA) is 56.3 Å².